The van der Waals surface area contributed by atoms with Crippen LogP contribution in [0.4, 0.5) is 5.69 Å². The molecule has 118 valence electrons. The van der Waals surface area contributed by atoms with E-state index in [0.29, 0.717) is 6.54 Å². The highest BCUT2D eigenvalue weighted by Gasteiger charge is 2.35. The average Bonchev–Trinajstić information content (AvgIpc) is 2.82. The monoisotopic (exact) mass is 301 g/mol. The molecule has 1 unspecified atom stereocenters. The van der Waals surface area contributed by atoms with Gasteiger partial charge in [0.15, 0.2) is 0 Å². The van der Waals surface area contributed by atoms with Crippen molar-refractivity contribution in [2.75, 3.05) is 24.5 Å². The number of fused-ring (bicyclic) bond motifs is 1. The maximum Gasteiger partial charge on any atom is 0.231 e. The van der Waals surface area contributed by atoms with Gasteiger partial charge in [0.1, 0.15) is 0 Å². The summed E-state index contributed by atoms with van der Waals surface area (Å²) < 4.78 is 0. The normalized spacial score (nSPS) is 22.6. The van der Waals surface area contributed by atoms with Gasteiger partial charge in [-0.3, -0.25) is 14.5 Å². The highest BCUT2D eigenvalue weighted by Crippen LogP contribution is 2.34. The molecular weight excluding hydrogens is 278 g/mol. The second-order valence-corrected chi connectivity index (χ2v) is 6.41. The summed E-state index contributed by atoms with van der Waals surface area (Å²) in [6.07, 6.45) is 2.54. The van der Waals surface area contributed by atoms with Crippen LogP contribution in [0.1, 0.15) is 25.3 Å². The summed E-state index contributed by atoms with van der Waals surface area (Å²) in [7, 11) is 0. The lowest BCUT2D eigenvalue weighted by Gasteiger charge is -2.34. The number of carbonyl (C=O) groups excluding carboxylic acids is 2. The van der Waals surface area contributed by atoms with Crippen molar-refractivity contribution in [3.8, 4) is 0 Å². The van der Waals surface area contributed by atoms with E-state index in [4.69, 9.17) is 5.73 Å². The molecule has 0 saturated carbocycles. The average molecular weight is 301 g/mol. The Bertz CT molecular complexity index is 579. The Balaban J connectivity index is 1.67. The van der Waals surface area contributed by atoms with Gasteiger partial charge in [-0.25, -0.2) is 0 Å². The Kier molecular flexibility index (Phi) is 4.16. The second kappa shape index (κ2) is 6.08. The lowest BCUT2D eigenvalue weighted by atomic mass is 9.95. The molecule has 1 saturated heterocycles. The van der Waals surface area contributed by atoms with Crippen molar-refractivity contribution in [2.45, 2.75) is 32.2 Å². The van der Waals surface area contributed by atoms with E-state index in [0.717, 1.165) is 38.0 Å². The smallest absolute Gasteiger partial charge is 0.231 e. The predicted molar refractivity (Wildman–Crippen MR) is 85.5 cm³/mol. The van der Waals surface area contributed by atoms with Crippen molar-refractivity contribution in [1.82, 2.24) is 4.90 Å². The van der Waals surface area contributed by atoms with Crippen LogP contribution in [0.5, 0.6) is 0 Å². The number of anilines is 1. The Labute approximate surface area is 131 Å². The molecule has 5 nitrogen and oxygen atoms in total. The zero-order valence-electron chi connectivity index (χ0n) is 13.0. The Morgan fingerprint density at radius 2 is 1.91 bits per heavy atom. The van der Waals surface area contributed by atoms with Crippen LogP contribution in [-0.2, 0) is 16.0 Å². The van der Waals surface area contributed by atoms with E-state index in [2.05, 4.69) is 13.0 Å². The first-order valence-electron chi connectivity index (χ1n) is 7.98. The Morgan fingerprint density at radius 3 is 2.59 bits per heavy atom. The van der Waals surface area contributed by atoms with Crippen molar-refractivity contribution < 1.29 is 9.59 Å². The zero-order valence-corrected chi connectivity index (χ0v) is 13.0. The van der Waals surface area contributed by atoms with Crippen molar-refractivity contribution >= 4 is 17.5 Å². The van der Waals surface area contributed by atoms with Crippen LogP contribution >= 0.6 is 0 Å². The van der Waals surface area contributed by atoms with Crippen molar-refractivity contribution in [3.63, 3.8) is 0 Å². The van der Waals surface area contributed by atoms with E-state index >= 15 is 0 Å². The number of hydrogen-bond acceptors (Lipinski definition) is 3. The molecule has 3 rings (SSSR count). The summed E-state index contributed by atoms with van der Waals surface area (Å²) in [5, 5.41) is 0. The minimum Gasteiger partial charge on any atom is -0.369 e. The Hall–Kier alpha value is -1.88. The number of carbonyl (C=O) groups is 2. The third-order valence-electron chi connectivity index (χ3n) is 4.76. The van der Waals surface area contributed by atoms with E-state index in [-0.39, 0.29) is 23.8 Å². The van der Waals surface area contributed by atoms with Gasteiger partial charge in [0.05, 0.1) is 6.54 Å². The number of piperidine rings is 1. The van der Waals surface area contributed by atoms with Crippen LogP contribution in [0.2, 0.25) is 0 Å². The summed E-state index contributed by atoms with van der Waals surface area (Å²) >= 11 is 0. The zero-order chi connectivity index (χ0) is 15.7. The first-order valence-corrected chi connectivity index (χ1v) is 7.98. The number of benzene rings is 1. The maximum atomic E-state index is 12.9. The third-order valence-corrected chi connectivity index (χ3v) is 4.76. The Morgan fingerprint density at radius 1 is 1.23 bits per heavy atom. The highest BCUT2D eigenvalue weighted by molar-refractivity contribution is 5.97. The number of likely N-dealkylation sites (tertiary alicyclic amines) is 1. The molecule has 0 aromatic heterocycles. The molecule has 0 aliphatic carbocycles. The molecule has 2 aliphatic heterocycles. The van der Waals surface area contributed by atoms with Gasteiger partial charge in [0.2, 0.25) is 11.8 Å². The van der Waals surface area contributed by atoms with Gasteiger partial charge in [-0.15, -0.1) is 0 Å². The molecule has 0 spiro atoms. The number of rotatable bonds is 3. The van der Waals surface area contributed by atoms with Gasteiger partial charge < -0.3 is 10.6 Å². The van der Waals surface area contributed by atoms with Crippen LogP contribution < -0.4 is 10.6 Å². The topological polar surface area (TPSA) is 66.6 Å². The number of primary amides is 1. The summed E-state index contributed by atoms with van der Waals surface area (Å²) in [6.45, 7) is 3.94. The van der Waals surface area contributed by atoms with Crippen molar-refractivity contribution in [1.29, 1.82) is 0 Å². The van der Waals surface area contributed by atoms with E-state index in [1.54, 1.807) is 0 Å². The van der Waals surface area contributed by atoms with Crippen LogP contribution in [0, 0.1) is 5.92 Å². The number of amides is 2. The van der Waals surface area contributed by atoms with Gasteiger partial charge in [0, 0.05) is 17.6 Å². The molecule has 2 aliphatic rings. The minimum absolute atomic E-state index is 0.0535. The first kappa shape index (κ1) is 15.0. The van der Waals surface area contributed by atoms with E-state index in [9.17, 15) is 9.59 Å². The number of nitrogens with two attached hydrogens (primary N) is 1. The highest BCUT2D eigenvalue weighted by atomic mass is 16.2. The van der Waals surface area contributed by atoms with Gasteiger partial charge >= 0.3 is 0 Å². The van der Waals surface area contributed by atoms with Crippen LogP contribution in [0.15, 0.2) is 24.3 Å². The molecule has 2 N–H and O–H groups in total. The lowest BCUT2D eigenvalue weighted by molar-refractivity contribution is -0.124. The molecule has 2 amide bonds. The third kappa shape index (κ3) is 2.86. The molecule has 0 radical (unpaired) electrons. The van der Waals surface area contributed by atoms with E-state index in [1.165, 1.54) is 5.56 Å². The van der Waals surface area contributed by atoms with Gasteiger partial charge in [-0.2, -0.15) is 0 Å². The summed E-state index contributed by atoms with van der Waals surface area (Å²) in [5.41, 5.74) is 7.56. The summed E-state index contributed by atoms with van der Waals surface area (Å²) in [4.78, 5) is 27.9. The van der Waals surface area contributed by atoms with Crippen LogP contribution in [0.25, 0.3) is 0 Å². The predicted octanol–water partition coefficient (Wildman–Crippen LogP) is 1.16. The lowest BCUT2D eigenvalue weighted by Crippen LogP contribution is -2.46. The SMILES string of the molecule is CC1Cc2ccccc2N1C(=O)C1CCN(CC(N)=O)CC1. The fourth-order valence-electron chi connectivity index (χ4n) is 3.66. The van der Waals surface area contributed by atoms with Crippen molar-refractivity contribution in [2.24, 2.45) is 11.7 Å². The maximum absolute atomic E-state index is 12.9. The molecule has 2 heterocycles. The molecular formula is C17H23N3O2. The first-order chi connectivity index (χ1) is 10.6. The summed E-state index contributed by atoms with van der Waals surface area (Å²) in [5.74, 6) is -0.0132. The van der Waals surface area contributed by atoms with Crippen LogP contribution in [0.3, 0.4) is 0 Å². The minimum atomic E-state index is -0.299. The molecule has 1 atom stereocenters. The fourth-order valence-corrected chi connectivity index (χ4v) is 3.66. The number of hydrogen-bond donors (Lipinski definition) is 1. The number of nitrogens with zero attached hydrogens (tertiary/aromatic N) is 2. The van der Waals surface area contributed by atoms with E-state index < -0.39 is 0 Å². The van der Waals surface area contributed by atoms with Crippen LogP contribution in [-0.4, -0.2) is 42.4 Å². The molecule has 1 fully saturated rings. The van der Waals surface area contributed by atoms with Gasteiger partial charge in [0.25, 0.3) is 0 Å². The fraction of sp³-hybridized carbons (Fsp3) is 0.529. The van der Waals surface area contributed by atoms with Gasteiger partial charge in [-0.05, 0) is 50.9 Å². The standard InChI is InChI=1S/C17H23N3O2/c1-12-10-14-4-2-3-5-15(14)20(12)17(22)13-6-8-19(9-7-13)11-16(18)21/h2-5,12-13H,6-11H2,1H3,(H2,18,21). The molecule has 1 aromatic carbocycles. The largest absolute Gasteiger partial charge is 0.369 e. The number of para-hydroxylation sites is 1. The van der Waals surface area contributed by atoms with Crippen molar-refractivity contribution in [3.05, 3.63) is 29.8 Å². The van der Waals surface area contributed by atoms with Gasteiger partial charge in [-0.1, -0.05) is 18.2 Å². The molecule has 0 bridgehead atoms. The van der Waals surface area contributed by atoms with E-state index in [1.807, 2.05) is 28.0 Å². The second-order valence-electron chi connectivity index (χ2n) is 6.41. The molecule has 5 heteroatoms. The molecule has 22 heavy (non-hydrogen) atoms. The quantitative estimate of drug-likeness (QED) is 0.911. The summed E-state index contributed by atoms with van der Waals surface area (Å²) in [6, 6.07) is 8.40. The molecule has 1 aromatic rings.